The van der Waals surface area contributed by atoms with Crippen LogP contribution in [0, 0.1) is 5.92 Å². The Morgan fingerprint density at radius 1 is 1.15 bits per heavy atom. The highest BCUT2D eigenvalue weighted by Crippen LogP contribution is 2.35. The van der Waals surface area contributed by atoms with Gasteiger partial charge in [-0.25, -0.2) is 4.79 Å². The van der Waals surface area contributed by atoms with Crippen molar-refractivity contribution in [2.24, 2.45) is 5.92 Å². The van der Waals surface area contributed by atoms with E-state index in [0.29, 0.717) is 17.9 Å². The van der Waals surface area contributed by atoms with Crippen molar-refractivity contribution in [2.75, 3.05) is 12.4 Å². The number of carbonyl (C=O) groups excluding carboxylic acids is 2. The van der Waals surface area contributed by atoms with Gasteiger partial charge in [-0.05, 0) is 42.9 Å². The first-order valence-electron chi connectivity index (χ1n) is 10.2. The molecule has 0 N–H and O–H groups in total. The number of rotatable bonds is 9. The van der Waals surface area contributed by atoms with E-state index in [-0.39, 0.29) is 23.2 Å². The summed E-state index contributed by atoms with van der Waals surface area (Å²) in [5.41, 5.74) is 1.91. The maximum absolute atomic E-state index is 13.2. The second-order valence-corrected chi connectivity index (χ2v) is 8.67. The Morgan fingerprint density at radius 2 is 1.85 bits per heavy atom. The molecule has 2 atom stereocenters. The first kappa shape index (κ1) is 21.8. The summed E-state index contributed by atoms with van der Waals surface area (Å²) in [6, 6.07) is 7.39. The molecule has 0 saturated carbocycles. The maximum atomic E-state index is 13.2. The Balaban J connectivity index is 2.14. The predicted octanol–water partition coefficient (Wildman–Crippen LogP) is 4.91. The highest BCUT2D eigenvalue weighted by Gasteiger charge is 2.43. The molecule has 1 aliphatic rings. The van der Waals surface area contributed by atoms with Crippen molar-refractivity contribution >= 4 is 23.6 Å². The minimum atomic E-state index is -0.495. The molecule has 5 heteroatoms. The predicted molar refractivity (Wildman–Crippen MR) is 112 cm³/mol. The molecule has 2 rings (SSSR count). The zero-order chi connectivity index (χ0) is 19.8. The van der Waals surface area contributed by atoms with E-state index in [9.17, 15) is 9.59 Å². The van der Waals surface area contributed by atoms with E-state index in [1.807, 2.05) is 31.2 Å². The molecule has 1 aromatic rings. The average molecular weight is 392 g/mol. The van der Waals surface area contributed by atoms with Crippen molar-refractivity contribution in [1.29, 1.82) is 0 Å². The summed E-state index contributed by atoms with van der Waals surface area (Å²) < 4.78 is 5.35. The standard InChI is InChI=1S/C22H33NO3S/c1-5-7-8-9-17-10-12-18(13-11-17)20(24)23-19(22(25)26-14-6-2)15-27-21(23)16(3)4/h10-13,16,19,21H,5-9,14-15H2,1-4H3. The van der Waals surface area contributed by atoms with Crippen LogP contribution in [0.25, 0.3) is 0 Å². The van der Waals surface area contributed by atoms with E-state index in [1.165, 1.54) is 24.8 Å². The van der Waals surface area contributed by atoms with Gasteiger partial charge in [-0.1, -0.05) is 52.7 Å². The van der Waals surface area contributed by atoms with Gasteiger partial charge >= 0.3 is 5.97 Å². The number of ether oxygens (including phenoxy) is 1. The quantitative estimate of drug-likeness (QED) is 0.443. The van der Waals surface area contributed by atoms with Crippen LogP contribution in [-0.4, -0.2) is 40.6 Å². The minimum Gasteiger partial charge on any atom is -0.464 e. The van der Waals surface area contributed by atoms with Crippen molar-refractivity contribution in [3.8, 4) is 0 Å². The fraction of sp³-hybridized carbons (Fsp3) is 0.636. The number of thioether (sulfide) groups is 1. The molecule has 0 aromatic heterocycles. The third kappa shape index (κ3) is 5.74. The molecule has 27 heavy (non-hydrogen) atoms. The normalized spacial score (nSPS) is 19.5. The first-order valence-corrected chi connectivity index (χ1v) is 11.2. The van der Waals surface area contributed by atoms with E-state index in [0.717, 1.165) is 12.8 Å². The molecule has 4 nitrogen and oxygen atoms in total. The molecule has 0 radical (unpaired) electrons. The van der Waals surface area contributed by atoms with Crippen molar-refractivity contribution in [2.45, 2.75) is 71.2 Å². The monoisotopic (exact) mass is 391 g/mol. The number of hydrogen-bond donors (Lipinski definition) is 0. The van der Waals surface area contributed by atoms with Crippen LogP contribution < -0.4 is 0 Å². The largest absolute Gasteiger partial charge is 0.464 e. The average Bonchev–Trinajstić information content (AvgIpc) is 3.12. The zero-order valence-corrected chi connectivity index (χ0v) is 17.9. The van der Waals surface area contributed by atoms with Gasteiger partial charge < -0.3 is 9.64 Å². The first-order chi connectivity index (χ1) is 13.0. The van der Waals surface area contributed by atoms with E-state index < -0.39 is 6.04 Å². The molecule has 1 fully saturated rings. The summed E-state index contributed by atoms with van der Waals surface area (Å²) >= 11 is 1.67. The molecular weight excluding hydrogens is 358 g/mol. The van der Waals surface area contributed by atoms with Gasteiger partial charge in [0.1, 0.15) is 6.04 Å². The molecule has 2 unspecified atom stereocenters. The Morgan fingerprint density at radius 3 is 2.44 bits per heavy atom. The summed E-state index contributed by atoms with van der Waals surface area (Å²) in [5.74, 6) is 0.525. The van der Waals surface area contributed by atoms with Crippen LogP contribution in [0.4, 0.5) is 0 Å². The maximum Gasteiger partial charge on any atom is 0.329 e. The van der Waals surface area contributed by atoms with Crippen molar-refractivity contribution in [1.82, 2.24) is 4.90 Å². The fourth-order valence-corrected chi connectivity index (χ4v) is 4.79. The van der Waals surface area contributed by atoms with Gasteiger partial charge in [-0.3, -0.25) is 4.79 Å². The lowest BCUT2D eigenvalue weighted by Gasteiger charge is -2.30. The van der Waals surface area contributed by atoms with Crippen LogP contribution in [0.1, 0.15) is 69.3 Å². The van der Waals surface area contributed by atoms with Gasteiger partial charge in [0.15, 0.2) is 0 Å². The number of unbranched alkanes of at least 4 members (excludes halogenated alkanes) is 2. The molecule has 150 valence electrons. The van der Waals surface area contributed by atoms with Crippen LogP contribution in [0.5, 0.6) is 0 Å². The van der Waals surface area contributed by atoms with Gasteiger partial charge in [0, 0.05) is 11.3 Å². The van der Waals surface area contributed by atoms with Gasteiger partial charge in [-0.15, -0.1) is 11.8 Å². The molecule has 1 heterocycles. The molecule has 1 amide bonds. The van der Waals surface area contributed by atoms with Crippen molar-refractivity contribution in [3.63, 3.8) is 0 Å². The Labute approximate surface area is 168 Å². The summed E-state index contributed by atoms with van der Waals surface area (Å²) in [4.78, 5) is 27.5. The van der Waals surface area contributed by atoms with Gasteiger partial charge in [0.05, 0.1) is 12.0 Å². The third-order valence-corrected chi connectivity index (χ3v) is 6.45. The number of benzene rings is 1. The Kier molecular flexibility index (Phi) is 8.68. The molecule has 1 saturated heterocycles. The number of nitrogens with zero attached hydrogens (tertiary/aromatic N) is 1. The lowest BCUT2D eigenvalue weighted by molar-refractivity contribution is -0.148. The Hall–Kier alpha value is -1.49. The smallest absolute Gasteiger partial charge is 0.329 e. The SMILES string of the molecule is CCCCCc1ccc(C(=O)N2C(C(=O)OCCC)CSC2C(C)C)cc1. The number of hydrogen-bond acceptors (Lipinski definition) is 4. The van der Waals surface area contributed by atoms with E-state index in [2.05, 4.69) is 20.8 Å². The topological polar surface area (TPSA) is 46.6 Å². The number of amides is 1. The molecule has 1 aromatic carbocycles. The summed E-state index contributed by atoms with van der Waals surface area (Å²) in [6.45, 7) is 8.76. The summed E-state index contributed by atoms with van der Waals surface area (Å²) in [6.07, 6.45) is 5.43. The number of esters is 1. The Bertz CT molecular complexity index is 614. The third-order valence-electron chi connectivity index (χ3n) is 4.83. The molecule has 0 aliphatic carbocycles. The lowest BCUT2D eigenvalue weighted by atomic mass is 10.0. The number of aryl methyl sites for hydroxylation is 1. The van der Waals surface area contributed by atoms with Gasteiger partial charge in [0.2, 0.25) is 0 Å². The molecule has 0 bridgehead atoms. The fourth-order valence-electron chi connectivity index (χ4n) is 3.32. The highest BCUT2D eigenvalue weighted by molar-refractivity contribution is 8.00. The van der Waals surface area contributed by atoms with E-state index >= 15 is 0 Å². The minimum absolute atomic E-state index is 0.000840. The highest BCUT2D eigenvalue weighted by atomic mass is 32.2. The molecule has 0 spiro atoms. The second-order valence-electron chi connectivity index (χ2n) is 7.52. The van der Waals surface area contributed by atoms with E-state index in [1.54, 1.807) is 16.7 Å². The lowest BCUT2D eigenvalue weighted by Crippen LogP contribution is -2.47. The van der Waals surface area contributed by atoms with Crippen molar-refractivity contribution < 1.29 is 14.3 Å². The van der Waals surface area contributed by atoms with Gasteiger partial charge in [0.25, 0.3) is 5.91 Å². The summed E-state index contributed by atoms with van der Waals surface area (Å²) in [7, 11) is 0. The number of carbonyl (C=O) groups is 2. The second kappa shape index (κ2) is 10.7. The van der Waals surface area contributed by atoms with Crippen LogP contribution in [0.3, 0.4) is 0 Å². The van der Waals surface area contributed by atoms with Crippen LogP contribution in [-0.2, 0) is 16.0 Å². The van der Waals surface area contributed by atoms with Gasteiger partial charge in [-0.2, -0.15) is 0 Å². The van der Waals surface area contributed by atoms with Crippen LogP contribution >= 0.6 is 11.8 Å². The zero-order valence-electron chi connectivity index (χ0n) is 17.1. The van der Waals surface area contributed by atoms with Crippen LogP contribution in [0.2, 0.25) is 0 Å². The van der Waals surface area contributed by atoms with Crippen molar-refractivity contribution in [3.05, 3.63) is 35.4 Å². The van der Waals surface area contributed by atoms with Crippen LogP contribution in [0.15, 0.2) is 24.3 Å². The molecule has 1 aliphatic heterocycles. The molecular formula is C22H33NO3S. The van der Waals surface area contributed by atoms with E-state index in [4.69, 9.17) is 4.74 Å². The summed E-state index contributed by atoms with van der Waals surface area (Å²) in [5, 5.41) is 0.000840.